The Morgan fingerprint density at radius 3 is 2.75 bits per heavy atom. The van der Waals surface area contributed by atoms with E-state index >= 15 is 0 Å². The van der Waals surface area contributed by atoms with Crippen LogP contribution in [0.1, 0.15) is 25.3 Å². The molecule has 0 bridgehead atoms. The van der Waals surface area contributed by atoms with E-state index < -0.39 is 0 Å². The number of aryl methyl sites for hydroxylation is 1. The maximum absolute atomic E-state index is 10.9. The average molecular weight is 289 g/mol. The van der Waals surface area contributed by atoms with Gasteiger partial charge in [0.2, 0.25) is 0 Å². The van der Waals surface area contributed by atoms with Crippen LogP contribution in [-0.4, -0.2) is 26.3 Å². The maximum atomic E-state index is 10.9. The van der Waals surface area contributed by atoms with Gasteiger partial charge in [0.25, 0.3) is 0 Å². The molecular weight excluding hydrogens is 270 g/mol. The van der Waals surface area contributed by atoms with Crippen LogP contribution in [0.25, 0.3) is 11.4 Å². The van der Waals surface area contributed by atoms with Crippen LogP contribution in [0, 0.1) is 6.92 Å². The number of thioether (sulfide) groups is 1. The van der Waals surface area contributed by atoms with E-state index in [4.69, 9.17) is 0 Å². The monoisotopic (exact) mass is 289 g/mol. The third-order valence-electron chi connectivity index (χ3n) is 3.13. The van der Waals surface area contributed by atoms with Gasteiger partial charge in [0.1, 0.15) is 5.78 Å². The Kier molecular flexibility index (Phi) is 4.95. The Bertz CT molecular complexity index is 607. The van der Waals surface area contributed by atoms with Crippen molar-refractivity contribution < 1.29 is 4.79 Å². The lowest BCUT2D eigenvalue weighted by Crippen LogP contribution is -1.97. The van der Waals surface area contributed by atoms with Crippen LogP contribution in [0.5, 0.6) is 0 Å². The molecule has 5 heteroatoms. The largest absolute Gasteiger partial charge is 0.305 e. The molecule has 0 aliphatic heterocycles. The Balaban J connectivity index is 2.08. The van der Waals surface area contributed by atoms with Crippen molar-refractivity contribution in [1.82, 2.24) is 14.8 Å². The first-order chi connectivity index (χ1) is 9.59. The van der Waals surface area contributed by atoms with Crippen LogP contribution in [0.3, 0.4) is 0 Å². The first kappa shape index (κ1) is 14.8. The SMILES string of the molecule is CC(=O)CCCSc1nnc(-c2ccccc2C)n1C. The van der Waals surface area contributed by atoms with E-state index in [1.165, 1.54) is 5.56 Å². The Morgan fingerprint density at radius 2 is 2.05 bits per heavy atom. The molecule has 106 valence electrons. The molecule has 2 aromatic rings. The zero-order valence-corrected chi connectivity index (χ0v) is 12.9. The molecule has 0 unspecified atom stereocenters. The van der Waals surface area contributed by atoms with Gasteiger partial charge in [-0.1, -0.05) is 36.0 Å². The number of aromatic nitrogens is 3. The van der Waals surface area contributed by atoms with Crippen molar-refractivity contribution in [1.29, 1.82) is 0 Å². The highest BCUT2D eigenvalue weighted by Crippen LogP contribution is 2.25. The van der Waals surface area contributed by atoms with Crippen LogP contribution < -0.4 is 0 Å². The molecule has 1 heterocycles. The normalized spacial score (nSPS) is 10.8. The molecule has 20 heavy (non-hydrogen) atoms. The fourth-order valence-electron chi connectivity index (χ4n) is 1.98. The summed E-state index contributed by atoms with van der Waals surface area (Å²) in [7, 11) is 1.98. The molecule has 0 saturated carbocycles. The summed E-state index contributed by atoms with van der Waals surface area (Å²) in [5.74, 6) is 2.01. The Morgan fingerprint density at radius 1 is 1.30 bits per heavy atom. The summed E-state index contributed by atoms with van der Waals surface area (Å²) in [5.41, 5.74) is 2.30. The highest BCUT2D eigenvalue weighted by atomic mass is 32.2. The Labute approximate surface area is 123 Å². The molecule has 1 aromatic heterocycles. The number of Topliss-reactive ketones (excluding diaryl/α,β-unsaturated/α-hetero) is 1. The van der Waals surface area contributed by atoms with E-state index in [0.717, 1.165) is 28.7 Å². The number of hydrogen-bond donors (Lipinski definition) is 0. The predicted octanol–water partition coefficient (Wildman–Crippen LogP) is 3.25. The van der Waals surface area contributed by atoms with Crippen LogP contribution in [0.4, 0.5) is 0 Å². The topological polar surface area (TPSA) is 47.8 Å². The van der Waals surface area contributed by atoms with Gasteiger partial charge < -0.3 is 9.36 Å². The standard InChI is InChI=1S/C15H19N3OS/c1-11-7-4-5-9-13(11)14-16-17-15(18(14)3)20-10-6-8-12(2)19/h4-5,7,9H,6,8,10H2,1-3H3. The van der Waals surface area contributed by atoms with Gasteiger partial charge in [0.15, 0.2) is 11.0 Å². The summed E-state index contributed by atoms with van der Waals surface area (Å²) in [6.45, 7) is 3.70. The molecule has 0 N–H and O–H groups in total. The number of hydrogen-bond acceptors (Lipinski definition) is 4. The predicted molar refractivity (Wildman–Crippen MR) is 81.8 cm³/mol. The molecule has 4 nitrogen and oxygen atoms in total. The van der Waals surface area contributed by atoms with Crippen molar-refractivity contribution >= 4 is 17.5 Å². The third kappa shape index (κ3) is 3.48. The highest BCUT2D eigenvalue weighted by molar-refractivity contribution is 7.99. The summed E-state index contributed by atoms with van der Waals surface area (Å²) in [4.78, 5) is 10.9. The van der Waals surface area contributed by atoms with Crippen LogP contribution >= 0.6 is 11.8 Å². The molecular formula is C15H19N3OS. The fourth-order valence-corrected chi connectivity index (χ4v) is 2.83. The van der Waals surface area contributed by atoms with E-state index in [1.54, 1.807) is 18.7 Å². The smallest absolute Gasteiger partial charge is 0.191 e. The van der Waals surface area contributed by atoms with E-state index in [0.29, 0.717) is 6.42 Å². The maximum Gasteiger partial charge on any atom is 0.191 e. The van der Waals surface area contributed by atoms with Crippen molar-refractivity contribution in [3.8, 4) is 11.4 Å². The number of rotatable bonds is 6. The first-order valence-corrected chi connectivity index (χ1v) is 7.66. The lowest BCUT2D eigenvalue weighted by molar-refractivity contribution is -0.117. The zero-order valence-electron chi connectivity index (χ0n) is 12.1. The third-order valence-corrected chi connectivity index (χ3v) is 4.23. The summed E-state index contributed by atoms with van der Waals surface area (Å²) in [6, 6.07) is 8.16. The lowest BCUT2D eigenvalue weighted by atomic mass is 10.1. The second-order valence-corrected chi connectivity index (χ2v) is 5.90. The highest BCUT2D eigenvalue weighted by Gasteiger charge is 2.12. The molecule has 0 fully saturated rings. The molecule has 0 amide bonds. The second-order valence-electron chi connectivity index (χ2n) is 4.83. The quantitative estimate of drug-likeness (QED) is 0.605. The zero-order chi connectivity index (χ0) is 14.5. The molecule has 0 spiro atoms. The van der Waals surface area contributed by atoms with Crippen LogP contribution in [-0.2, 0) is 11.8 Å². The van der Waals surface area contributed by atoms with Gasteiger partial charge in [-0.05, 0) is 25.8 Å². The number of benzene rings is 1. The summed E-state index contributed by atoms with van der Waals surface area (Å²) < 4.78 is 2.01. The van der Waals surface area contributed by atoms with Crippen molar-refractivity contribution in [2.75, 3.05) is 5.75 Å². The minimum Gasteiger partial charge on any atom is -0.305 e. The Hall–Kier alpha value is -1.62. The number of ketones is 1. The van der Waals surface area contributed by atoms with Gasteiger partial charge in [-0.25, -0.2) is 0 Å². The number of carbonyl (C=O) groups is 1. The lowest BCUT2D eigenvalue weighted by Gasteiger charge is -2.06. The molecule has 0 radical (unpaired) electrons. The van der Waals surface area contributed by atoms with Gasteiger partial charge in [0, 0.05) is 24.8 Å². The summed E-state index contributed by atoms with van der Waals surface area (Å²) in [5, 5.41) is 9.42. The van der Waals surface area contributed by atoms with Crippen molar-refractivity contribution in [3.63, 3.8) is 0 Å². The van der Waals surface area contributed by atoms with Crippen molar-refractivity contribution in [2.24, 2.45) is 7.05 Å². The first-order valence-electron chi connectivity index (χ1n) is 6.67. The molecule has 0 saturated heterocycles. The molecule has 2 rings (SSSR count). The van der Waals surface area contributed by atoms with E-state index in [-0.39, 0.29) is 5.78 Å². The molecule has 1 aromatic carbocycles. The van der Waals surface area contributed by atoms with Gasteiger partial charge >= 0.3 is 0 Å². The summed E-state index contributed by atoms with van der Waals surface area (Å²) >= 11 is 1.65. The second kappa shape index (κ2) is 6.70. The minimum absolute atomic E-state index is 0.240. The van der Waals surface area contributed by atoms with E-state index in [9.17, 15) is 4.79 Å². The van der Waals surface area contributed by atoms with Crippen molar-refractivity contribution in [3.05, 3.63) is 29.8 Å². The molecule has 0 aliphatic rings. The molecule has 0 atom stereocenters. The van der Waals surface area contributed by atoms with Gasteiger partial charge in [0.05, 0.1) is 0 Å². The van der Waals surface area contributed by atoms with E-state index in [2.05, 4.69) is 29.3 Å². The van der Waals surface area contributed by atoms with Gasteiger partial charge in [-0.15, -0.1) is 10.2 Å². The molecule has 0 aliphatic carbocycles. The van der Waals surface area contributed by atoms with Crippen LogP contribution in [0.15, 0.2) is 29.4 Å². The number of nitrogens with zero attached hydrogens (tertiary/aromatic N) is 3. The van der Waals surface area contributed by atoms with Gasteiger partial charge in [-0.2, -0.15) is 0 Å². The average Bonchev–Trinajstić information content (AvgIpc) is 2.77. The summed E-state index contributed by atoms with van der Waals surface area (Å²) in [6.07, 6.45) is 1.52. The number of carbonyl (C=O) groups excluding carboxylic acids is 1. The fraction of sp³-hybridized carbons (Fsp3) is 0.400. The van der Waals surface area contributed by atoms with Crippen LogP contribution in [0.2, 0.25) is 0 Å². The van der Waals surface area contributed by atoms with E-state index in [1.807, 2.05) is 23.7 Å². The van der Waals surface area contributed by atoms with Gasteiger partial charge in [-0.3, -0.25) is 0 Å². The minimum atomic E-state index is 0.240. The van der Waals surface area contributed by atoms with Crippen molar-refractivity contribution in [2.45, 2.75) is 31.8 Å².